The maximum atomic E-state index is 12.9. The minimum atomic E-state index is -0.316. The van der Waals surface area contributed by atoms with Gasteiger partial charge in [0, 0.05) is 31.1 Å². The van der Waals surface area contributed by atoms with Crippen LogP contribution in [0.3, 0.4) is 0 Å². The van der Waals surface area contributed by atoms with Gasteiger partial charge in [0.25, 0.3) is 5.91 Å². The number of rotatable bonds is 4. The number of aromatic nitrogens is 4. The van der Waals surface area contributed by atoms with E-state index in [9.17, 15) is 9.59 Å². The molecule has 0 aromatic carbocycles. The van der Waals surface area contributed by atoms with Crippen LogP contribution in [0.5, 0.6) is 0 Å². The average Bonchev–Trinajstić information content (AvgIpc) is 3.17. The minimum absolute atomic E-state index is 0.117. The lowest BCUT2D eigenvalue weighted by molar-refractivity contribution is 0.0743. The standard InChI is InChI=1S/C18H23N5O2S/c1-9(2)17-21-10(3)15(26-17)11(4)22(5)18(25)13-7-19-16-12(14(13)24)8-20-23(16)6/h7-9,11H,1-6H3,(H,19,24). The van der Waals surface area contributed by atoms with Crippen LogP contribution in [0.4, 0.5) is 0 Å². The first-order valence-electron chi connectivity index (χ1n) is 8.50. The van der Waals surface area contributed by atoms with Crippen molar-refractivity contribution in [1.82, 2.24) is 24.6 Å². The highest BCUT2D eigenvalue weighted by Crippen LogP contribution is 2.32. The van der Waals surface area contributed by atoms with Crippen LogP contribution in [0.15, 0.2) is 17.2 Å². The Morgan fingerprint density at radius 2 is 2.04 bits per heavy atom. The summed E-state index contributed by atoms with van der Waals surface area (Å²) in [5, 5.41) is 5.54. The third-order valence-electron chi connectivity index (χ3n) is 4.64. The molecule has 0 saturated heterocycles. The molecule has 0 bridgehead atoms. The quantitative estimate of drug-likeness (QED) is 0.762. The molecule has 0 saturated carbocycles. The third-order valence-corrected chi connectivity index (χ3v) is 6.26. The number of carbonyl (C=O) groups is 1. The highest BCUT2D eigenvalue weighted by molar-refractivity contribution is 7.11. The van der Waals surface area contributed by atoms with Crippen molar-refractivity contribution < 1.29 is 4.79 Å². The first kappa shape index (κ1) is 18.3. The maximum Gasteiger partial charge on any atom is 0.259 e. The molecule has 0 spiro atoms. The summed E-state index contributed by atoms with van der Waals surface area (Å²) >= 11 is 1.62. The minimum Gasteiger partial charge on any atom is -0.345 e. The molecular formula is C18H23N5O2S. The molecule has 26 heavy (non-hydrogen) atoms. The lowest BCUT2D eigenvalue weighted by Crippen LogP contribution is -2.33. The molecule has 1 unspecified atom stereocenters. The molecule has 3 heterocycles. The van der Waals surface area contributed by atoms with Gasteiger partial charge < -0.3 is 9.88 Å². The number of amides is 1. The van der Waals surface area contributed by atoms with Crippen molar-refractivity contribution >= 4 is 28.3 Å². The van der Waals surface area contributed by atoms with Gasteiger partial charge in [0.1, 0.15) is 11.2 Å². The van der Waals surface area contributed by atoms with Gasteiger partial charge in [-0.05, 0) is 13.8 Å². The van der Waals surface area contributed by atoms with E-state index >= 15 is 0 Å². The lowest BCUT2D eigenvalue weighted by Gasteiger charge is -2.24. The van der Waals surface area contributed by atoms with E-state index in [1.54, 1.807) is 35.0 Å². The largest absolute Gasteiger partial charge is 0.345 e. The second-order valence-electron chi connectivity index (χ2n) is 6.81. The van der Waals surface area contributed by atoms with Crippen molar-refractivity contribution in [2.45, 2.75) is 39.7 Å². The number of nitrogens with zero attached hydrogens (tertiary/aromatic N) is 4. The number of pyridine rings is 1. The summed E-state index contributed by atoms with van der Waals surface area (Å²) in [4.78, 5) is 35.9. The Balaban J connectivity index is 1.95. The molecule has 0 aliphatic heterocycles. The zero-order valence-corrected chi connectivity index (χ0v) is 16.6. The van der Waals surface area contributed by atoms with Gasteiger partial charge in [0.15, 0.2) is 0 Å². The van der Waals surface area contributed by atoms with E-state index in [1.165, 1.54) is 12.4 Å². The molecule has 3 rings (SSSR count). The fraction of sp³-hybridized carbons (Fsp3) is 0.444. The predicted molar refractivity (Wildman–Crippen MR) is 103 cm³/mol. The second-order valence-corrected chi connectivity index (χ2v) is 7.87. The smallest absolute Gasteiger partial charge is 0.259 e. The van der Waals surface area contributed by atoms with Crippen molar-refractivity contribution in [3.63, 3.8) is 0 Å². The third kappa shape index (κ3) is 2.94. The normalized spacial score (nSPS) is 12.7. The molecule has 0 radical (unpaired) electrons. The number of thiazole rings is 1. The number of nitrogens with one attached hydrogen (secondary N) is 1. The highest BCUT2D eigenvalue weighted by Gasteiger charge is 2.25. The fourth-order valence-corrected chi connectivity index (χ4v) is 4.06. The van der Waals surface area contributed by atoms with Crippen molar-refractivity contribution in [2.75, 3.05) is 7.05 Å². The second kappa shape index (κ2) is 6.68. The summed E-state index contributed by atoms with van der Waals surface area (Å²) in [5.41, 5.74) is 1.34. The van der Waals surface area contributed by atoms with E-state index in [0.717, 1.165) is 15.6 Å². The lowest BCUT2D eigenvalue weighted by atomic mass is 10.1. The molecule has 1 N–H and O–H groups in total. The van der Waals surface area contributed by atoms with Crippen molar-refractivity contribution in [2.24, 2.45) is 7.05 Å². The van der Waals surface area contributed by atoms with E-state index in [2.05, 4.69) is 28.9 Å². The van der Waals surface area contributed by atoms with E-state index in [0.29, 0.717) is 17.0 Å². The van der Waals surface area contributed by atoms with Crippen LogP contribution in [-0.4, -0.2) is 37.6 Å². The molecule has 7 nitrogen and oxygen atoms in total. The van der Waals surface area contributed by atoms with Crippen LogP contribution in [0.25, 0.3) is 11.0 Å². The van der Waals surface area contributed by atoms with Crippen LogP contribution in [-0.2, 0) is 7.05 Å². The maximum absolute atomic E-state index is 12.9. The molecular weight excluding hydrogens is 350 g/mol. The van der Waals surface area contributed by atoms with Gasteiger partial charge in [-0.2, -0.15) is 5.10 Å². The molecule has 8 heteroatoms. The summed E-state index contributed by atoms with van der Waals surface area (Å²) in [6, 6.07) is -0.170. The fourth-order valence-electron chi connectivity index (χ4n) is 2.89. The molecule has 0 fully saturated rings. The van der Waals surface area contributed by atoms with Crippen LogP contribution < -0.4 is 5.43 Å². The van der Waals surface area contributed by atoms with Crippen molar-refractivity contribution in [3.8, 4) is 0 Å². The van der Waals surface area contributed by atoms with E-state index in [-0.39, 0.29) is 22.9 Å². The number of hydrogen-bond donors (Lipinski definition) is 1. The summed E-state index contributed by atoms with van der Waals surface area (Å²) in [5.74, 6) is 0.0277. The molecule has 3 aromatic heterocycles. The monoisotopic (exact) mass is 373 g/mol. The molecule has 138 valence electrons. The molecule has 3 aromatic rings. The first-order valence-corrected chi connectivity index (χ1v) is 9.31. The number of hydrogen-bond acceptors (Lipinski definition) is 5. The zero-order valence-electron chi connectivity index (χ0n) is 15.8. The summed E-state index contributed by atoms with van der Waals surface area (Å²) in [6.07, 6.45) is 2.95. The predicted octanol–water partition coefficient (Wildman–Crippen LogP) is 2.98. The number of carbonyl (C=O) groups excluding carboxylic acids is 1. The molecule has 0 aliphatic rings. The Bertz CT molecular complexity index is 1030. The average molecular weight is 373 g/mol. The number of aryl methyl sites for hydroxylation is 2. The van der Waals surface area contributed by atoms with Gasteiger partial charge >= 0.3 is 0 Å². The Kier molecular flexibility index (Phi) is 4.70. The van der Waals surface area contributed by atoms with Crippen LogP contribution >= 0.6 is 11.3 Å². The van der Waals surface area contributed by atoms with Crippen molar-refractivity contribution in [1.29, 1.82) is 0 Å². The van der Waals surface area contributed by atoms with Gasteiger partial charge in [-0.25, -0.2) is 4.98 Å². The van der Waals surface area contributed by atoms with Crippen LogP contribution in [0.1, 0.15) is 58.7 Å². The van der Waals surface area contributed by atoms with Gasteiger partial charge in [-0.3, -0.25) is 14.3 Å². The van der Waals surface area contributed by atoms with Gasteiger partial charge in [-0.1, -0.05) is 13.8 Å². The van der Waals surface area contributed by atoms with E-state index in [4.69, 9.17) is 0 Å². The SMILES string of the molecule is Cc1nc(C(C)C)sc1C(C)N(C)C(=O)c1c[nH]c2c(cnn2C)c1=O. The summed E-state index contributed by atoms with van der Waals surface area (Å²) < 4.78 is 1.57. The number of fused-ring (bicyclic) bond motifs is 1. The van der Waals surface area contributed by atoms with Crippen LogP contribution in [0, 0.1) is 6.92 Å². The van der Waals surface area contributed by atoms with Gasteiger partial charge in [0.05, 0.1) is 28.3 Å². The molecule has 1 atom stereocenters. The van der Waals surface area contributed by atoms with Crippen LogP contribution in [0.2, 0.25) is 0 Å². The van der Waals surface area contributed by atoms with Gasteiger partial charge in [0.2, 0.25) is 5.43 Å². The Labute approximate surface area is 155 Å². The highest BCUT2D eigenvalue weighted by atomic mass is 32.1. The van der Waals surface area contributed by atoms with E-state index in [1.807, 2.05) is 13.8 Å². The Morgan fingerprint density at radius 3 is 2.65 bits per heavy atom. The Hall–Kier alpha value is -2.48. The summed E-state index contributed by atoms with van der Waals surface area (Å²) in [6.45, 7) is 8.12. The zero-order chi connectivity index (χ0) is 19.2. The Morgan fingerprint density at radius 1 is 1.35 bits per heavy atom. The van der Waals surface area contributed by atoms with E-state index < -0.39 is 0 Å². The number of aromatic amines is 1. The molecule has 1 amide bonds. The molecule has 0 aliphatic carbocycles. The van der Waals surface area contributed by atoms with Crippen molar-refractivity contribution in [3.05, 3.63) is 43.8 Å². The number of H-pyrrole nitrogens is 1. The first-order chi connectivity index (χ1) is 12.2. The topological polar surface area (TPSA) is 83.9 Å². The van der Waals surface area contributed by atoms with Gasteiger partial charge in [-0.15, -0.1) is 11.3 Å². The summed E-state index contributed by atoms with van der Waals surface area (Å²) in [7, 11) is 3.46.